The normalized spacial score (nSPS) is 15.9. The van der Waals surface area contributed by atoms with Crippen LogP contribution in [0.25, 0.3) is 5.57 Å². The van der Waals surface area contributed by atoms with Crippen LogP contribution in [-0.4, -0.2) is 18.9 Å². The van der Waals surface area contributed by atoms with Gasteiger partial charge < -0.3 is 0 Å². The van der Waals surface area contributed by atoms with Gasteiger partial charge in [-0.15, -0.1) is 10.2 Å². The van der Waals surface area contributed by atoms with Gasteiger partial charge in [-0.25, -0.2) is 0 Å². The summed E-state index contributed by atoms with van der Waals surface area (Å²) in [5, 5.41) is 5.57. The van der Waals surface area contributed by atoms with E-state index in [0.29, 0.717) is 5.56 Å². The largest absolute Gasteiger partial charge is 0.314 e. The van der Waals surface area contributed by atoms with Gasteiger partial charge in [0.2, 0.25) is 5.03 Å². The Morgan fingerprint density at radius 2 is 1.69 bits per heavy atom. The lowest BCUT2D eigenvalue weighted by Crippen LogP contribution is -2.03. The lowest BCUT2D eigenvalue weighted by molar-refractivity contribution is -0.112. The Kier molecular flexibility index (Phi) is 2.41. The van der Waals surface area contributed by atoms with E-state index in [1.54, 1.807) is 18.2 Å². The van der Waals surface area contributed by atoms with E-state index in [0.717, 1.165) is 0 Å². The lowest BCUT2D eigenvalue weighted by atomic mass is 10.1. The second kappa shape index (κ2) is 3.62. The monoisotopic (exact) mass is 238 g/mol. The van der Waals surface area contributed by atoms with Gasteiger partial charge in [0.05, 0.1) is 5.57 Å². The summed E-state index contributed by atoms with van der Waals surface area (Å²) in [6.07, 6.45) is 0. The fourth-order valence-electron chi connectivity index (χ4n) is 1.31. The van der Waals surface area contributed by atoms with Crippen LogP contribution >= 0.6 is 0 Å². The molecule has 0 aliphatic carbocycles. The van der Waals surface area contributed by atoms with E-state index < -0.39 is 21.1 Å². The Morgan fingerprint density at radius 3 is 2.25 bits per heavy atom. The summed E-state index contributed by atoms with van der Waals surface area (Å²) in [6, 6.07) is 8.06. The predicted octanol–water partition coefficient (Wildman–Crippen LogP) is 1.24. The summed E-state index contributed by atoms with van der Waals surface area (Å²) >= 11 is 0. The summed E-state index contributed by atoms with van der Waals surface area (Å²) in [5.41, 5.74) is 0.147. The van der Waals surface area contributed by atoms with Gasteiger partial charge in [0, 0.05) is 0 Å². The first-order valence-electron chi connectivity index (χ1n) is 4.23. The van der Waals surface area contributed by atoms with Crippen molar-refractivity contribution in [3.8, 4) is 0 Å². The highest BCUT2D eigenvalue weighted by Crippen LogP contribution is 2.29. The Labute approximate surface area is 91.1 Å². The Morgan fingerprint density at radius 1 is 1.06 bits per heavy atom. The molecule has 1 heterocycles. The molecule has 16 heavy (non-hydrogen) atoms. The zero-order valence-electron chi connectivity index (χ0n) is 7.86. The van der Waals surface area contributed by atoms with Crippen LogP contribution in [-0.2, 0) is 14.9 Å². The molecule has 2 rings (SSSR count). The average Bonchev–Trinajstić information content (AvgIpc) is 2.61. The van der Waals surface area contributed by atoms with Crippen LogP contribution in [0.2, 0.25) is 0 Å². The molecule has 0 spiro atoms. The second-order valence-corrected chi connectivity index (χ2v) is 4.36. The van der Waals surface area contributed by atoms with Crippen molar-refractivity contribution in [3.05, 3.63) is 40.9 Å². The van der Waals surface area contributed by atoms with Crippen molar-refractivity contribution in [1.82, 2.24) is 0 Å². The van der Waals surface area contributed by atoms with E-state index >= 15 is 0 Å². The fraction of sp³-hybridized carbons (Fsp3) is 0. The Bertz CT molecular complexity index is 602. The minimum Gasteiger partial charge on any atom is -0.281 e. The maximum Gasteiger partial charge on any atom is 0.314 e. The summed E-state index contributed by atoms with van der Waals surface area (Å²) in [6.45, 7) is 0. The van der Waals surface area contributed by atoms with E-state index in [-0.39, 0.29) is 5.57 Å². The highest BCUT2D eigenvalue weighted by Gasteiger charge is 2.30. The molecular weight excluding hydrogens is 232 g/mol. The average molecular weight is 238 g/mol. The third kappa shape index (κ3) is 1.77. The molecule has 1 aromatic rings. The van der Waals surface area contributed by atoms with Crippen molar-refractivity contribution in [2.45, 2.75) is 0 Å². The first kappa shape index (κ1) is 10.7. The standard InChI is InChI=1S/C9H6N2O4S/c12-8-7(6-4-2-1-3-5-6)9(11-10-8)16(13,14)15/h1-5H,(H,13,14,15). The molecular formula is C9H6N2O4S. The van der Waals surface area contributed by atoms with E-state index in [4.69, 9.17) is 4.55 Å². The Balaban J connectivity index is 2.67. The third-order valence-electron chi connectivity index (χ3n) is 1.97. The van der Waals surface area contributed by atoms with Crippen LogP contribution in [0.4, 0.5) is 0 Å². The van der Waals surface area contributed by atoms with Crippen LogP contribution < -0.4 is 0 Å². The van der Waals surface area contributed by atoms with E-state index in [2.05, 4.69) is 10.2 Å². The minimum absolute atomic E-state index is 0.205. The molecule has 0 saturated carbocycles. The molecule has 1 aliphatic heterocycles. The van der Waals surface area contributed by atoms with Crippen molar-refractivity contribution in [3.63, 3.8) is 0 Å². The molecule has 0 saturated heterocycles. The van der Waals surface area contributed by atoms with E-state index in [1.165, 1.54) is 12.1 Å². The van der Waals surface area contributed by atoms with Crippen LogP contribution in [0.15, 0.2) is 45.6 Å². The van der Waals surface area contributed by atoms with Crippen LogP contribution in [0.1, 0.15) is 5.56 Å². The maximum absolute atomic E-state index is 11.3. The number of hydrogen-bond donors (Lipinski definition) is 1. The lowest BCUT2D eigenvalue weighted by Gasteiger charge is -2.00. The van der Waals surface area contributed by atoms with Gasteiger partial charge in [-0.3, -0.25) is 9.35 Å². The topological polar surface area (TPSA) is 96.2 Å². The van der Waals surface area contributed by atoms with E-state index in [1.807, 2.05) is 0 Å². The van der Waals surface area contributed by atoms with E-state index in [9.17, 15) is 13.2 Å². The minimum atomic E-state index is -4.53. The van der Waals surface area contributed by atoms with Crippen LogP contribution in [0.3, 0.4) is 0 Å². The summed E-state index contributed by atoms with van der Waals surface area (Å²) in [7, 11) is -4.53. The fourth-order valence-corrected chi connectivity index (χ4v) is 1.92. The molecule has 1 amide bonds. The van der Waals surface area contributed by atoms with Gasteiger partial charge in [0.1, 0.15) is 0 Å². The molecule has 6 nitrogen and oxygen atoms in total. The molecule has 0 bridgehead atoms. The number of amides is 1. The third-order valence-corrected chi connectivity index (χ3v) is 2.74. The zero-order valence-corrected chi connectivity index (χ0v) is 8.68. The maximum atomic E-state index is 11.3. The van der Waals surface area contributed by atoms with Crippen molar-refractivity contribution in [2.24, 2.45) is 10.2 Å². The molecule has 1 N–H and O–H groups in total. The van der Waals surface area contributed by atoms with Crippen molar-refractivity contribution >= 4 is 21.6 Å². The first-order chi connectivity index (χ1) is 7.50. The molecule has 0 atom stereocenters. The summed E-state index contributed by atoms with van der Waals surface area (Å²) < 4.78 is 30.8. The Hall–Kier alpha value is -1.86. The zero-order chi connectivity index (χ0) is 11.8. The van der Waals surface area contributed by atoms with Gasteiger partial charge in [-0.05, 0) is 5.56 Å². The molecule has 0 radical (unpaired) electrons. The van der Waals surface area contributed by atoms with Crippen LogP contribution in [0, 0.1) is 0 Å². The highest BCUT2D eigenvalue weighted by molar-refractivity contribution is 7.90. The quantitative estimate of drug-likeness (QED) is 0.784. The second-order valence-electron chi connectivity index (χ2n) is 3.03. The van der Waals surface area contributed by atoms with Crippen LogP contribution in [0.5, 0.6) is 0 Å². The van der Waals surface area contributed by atoms with Gasteiger partial charge in [-0.2, -0.15) is 8.42 Å². The molecule has 82 valence electrons. The SMILES string of the molecule is O=C1N=NC(S(=O)(=O)O)=C1c1ccccc1. The molecule has 1 aliphatic rings. The number of carbonyl (C=O) groups excluding carboxylic acids is 1. The van der Waals surface area contributed by atoms with Gasteiger partial charge >= 0.3 is 10.1 Å². The molecule has 1 aromatic carbocycles. The predicted molar refractivity (Wildman–Crippen MR) is 54.8 cm³/mol. The van der Waals surface area contributed by atoms with Crippen molar-refractivity contribution < 1.29 is 17.8 Å². The molecule has 7 heteroatoms. The molecule has 0 aromatic heterocycles. The number of rotatable bonds is 2. The number of azo groups is 1. The first-order valence-corrected chi connectivity index (χ1v) is 5.67. The summed E-state index contributed by atoms with van der Waals surface area (Å²) in [5.74, 6) is -0.779. The van der Waals surface area contributed by atoms with Crippen molar-refractivity contribution in [2.75, 3.05) is 0 Å². The number of benzene rings is 1. The smallest absolute Gasteiger partial charge is 0.281 e. The molecule has 0 fully saturated rings. The van der Waals surface area contributed by atoms with Gasteiger partial charge in [-0.1, -0.05) is 30.3 Å². The van der Waals surface area contributed by atoms with Gasteiger partial charge in [0.25, 0.3) is 5.91 Å². The van der Waals surface area contributed by atoms with Gasteiger partial charge in [0.15, 0.2) is 0 Å². The number of hydrogen-bond acceptors (Lipinski definition) is 4. The van der Waals surface area contributed by atoms with Crippen molar-refractivity contribution in [1.29, 1.82) is 0 Å². The number of nitrogens with zero attached hydrogens (tertiary/aromatic N) is 2. The number of carbonyl (C=O) groups is 1. The molecule has 0 unspecified atom stereocenters. The summed E-state index contributed by atoms with van der Waals surface area (Å²) in [4.78, 5) is 11.3. The highest BCUT2D eigenvalue weighted by atomic mass is 32.2.